The summed E-state index contributed by atoms with van der Waals surface area (Å²) in [6.45, 7) is 2.50. The molecule has 1 N–H and O–H groups in total. The molecule has 0 aliphatic carbocycles. The summed E-state index contributed by atoms with van der Waals surface area (Å²) in [6.07, 6.45) is 1.18. The van der Waals surface area contributed by atoms with Gasteiger partial charge in [-0.15, -0.1) is 14.8 Å². The van der Waals surface area contributed by atoms with Crippen molar-refractivity contribution in [1.82, 2.24) is 14.8 Å². The molecule has 0 bridgehead atoms. The Morgan fingerprint density at radius 1 is 0.931 bits per heavy atom. The van der Waals surface area contributed by atoms with Crippen molar-refractivity contribution >= 4 is 15.4 Å². The van der Waals surface area contributed by atoms with E-state index in [1.165, 1.54) is 17.0 Å². The molecule has 0 spiro atoms. The van der Waals surface area contributed by atoms with E-state index in [0.29, 0.717) is 17.8 Å². The Bertz CT molecular complexity index is 1280. The molecule has 0 aliphatic rings. The van der Waals surface area contributed by atoms with Gasteiger partial charge in [-0.1, -0.05) is 12.1 Å². The number of rotatable bonds is 5. The number of benzene rings is 2. The fraction of sp³-hybridized carbons (Fsp3) is 0.143. The summed E-state index contributed by atoms with van der Waals surface area (Å²) in [5.74, 6) is 0.618. The maximum absolute atomic E-state index is 11.8. The van der Waals surface area contributed by atoms with Gasteiger partial charge in [-0.2, -0.15) is 0 Å². The number of hydrogen-bond donors (Lipinski definition) is 1. The fourth-order valence-corrected chi connectivity index (χ4v) is 3.79. The summed E-state index contributed by atoms with van der Waals surface area (Å²) in [5, 5.41) is 18.3. The average Bonchev–Trinajstić information content (AvgIpc) is 3.06. The smallest absolute Gasteiger partial charge is 0.230 e. The van der Waals surface area contributed by atoms with Crippen molar-refractivity contribution in [2.75, 3.05) is 12.9 Å². The van der Waals surface area contributed by atoms with Crippen LogP contribution in [0, 0.1) is 0 Å². The maximum atomic E-state index is 11.8. The normalized spacial score (nSPS) is 11.7. The number of aromatic hydroxyl groups is 1. The van der Waals surface area contributed by atoms with Crippen LogP contribution in [0.5, 0.6) is 11.6 Å². The van der Waals surface area contributed by atoms with Gasteiger partial charge >= 0.3 is 0 Å². The zero-order chi connectivity index (χ0) is 20.6. The molecule has 0 atom stereocenters. The standard InChI is InChI=1S/C21H19N3O4S/c1-3-28-16-8-4-15(5-9-16)21-20(18-12-13-19(25)22-24(18)23-21)14-6-10-17(11-7-14)29(2,26)27/h4-13H,3H2,1-2H3,(H,22,25). The van der Waals surface area contributed by atoms with E-state index in [-0.39, 0.29) is 10.8 Å². The summed E-state index contributed by atoms with van der Waals surface area (Å²) in [7, 11) is -3.29. The number of nitrogens with zero attached hydrogens (tertiary/aromatic N) is 3. The van der Waals surface area contributed by atoms with E-state index in [1.54, 1.807) is 30.3 Å². The Balaban J connectivity index is 1.90. The van der Waals surface area contributed by atoms with Gasteiger partial charge in [-0.3, -0.25) is 0 Å². The molecule has 0 saturated heterocycles. The second-order valence-corrected chi connectivity index (χ2v) is 8.56. The molecule has 2 heterocycles. The lowest BCUT2D eigenvalue weighted by Gasteiger charge is -2.07. The molecular formula is C21H19N3O4S. The minimum absolute atomic E-state index is 0.141. The predicted molar refractivity (Wildman–Crippen MR) is 110 cm³/mol. The highest BCUT2D eigenvalue weighted by Crippen LogP contribution is 2.36. The molecule has 2 aromatic carbocycles. The third-order valence-corrected chi connectivity index (χ3v) is 5.63. The predicted octanol–water partition coefficient (Wildman–Crippen LogP) is 3.57. The van der Waals surface area contributed by atoms with E-state index < -0.39 is 9.84 Å². The summed E-state index contributed by atoms with van der Waals surface area (Å²) in [6, 6.07) is 17.4. The van der Waals surface area contributed by atoms with Crippen molar-refractivity contribution in [3.05, 3.63) is 60.7 Å². The highest BCUT2D eigenvalue weighted by Gasteiger charge is 2.18. The Labute approximate surface area is 168 Å². The van der Waals surface area contributed by atoms with Gasteiger partial charge in [-0.05, 0) is 55.0 Å². The molecule has 0 aliphatic heterocycles. The molecule has 29 heavy (non-hydrogen) atoms. The Hall–Kier alpha value is -3.39. The van der Waals surface area contributed by atoms with Crippen LogP contribution in [0.25, 0.3) is 27.9 Å². The lowest BCUT2D eigenvalue weighted by molar-refractivity contribution is 0.340. The van der Waals surface area contributed by atoms with Crippen LogP contribution in [0.4, 0.5) is 0 Å². The molecular weight excluding hydrogens is 390 g/mol. The Kier molecular flexibility index (Phi) is 4.71. The van der Waals surface area contributed by atoms with Crippen LogP contribution >= 0.6 is 0 Å². The quantitative estimate of drug-likeness (QED) is 0.542. The molecule has 148 valence electrons. The van der Waals surface area contributed by atoms with E-state index >= 15 is 0 Å². The van der Waals surface area contributed by atoms with Crippen LogP contribution in [-0.2, 0) is 9.84 Å². The molecule has 4 rings (SSSR count). The van der Waals surface area contributed by atoms with Gasteiger partial charge in [0.1, 0.15) is 11.4 Å². The van der Waals surface area contributed by atoms with Crippen LogP contribution < -0.4 is 4.74 Å². The van der Waals surface area contributed by atoms with Crippen molar-refractivity contribution in [3.63, 3.8) is 0 Å². The van der Waals surface area contributed by atoms with Gasteiger partial charge in [-0.25, -0.2) is 8.42 Å². The van der Waals surface area contributed by atoms with Gasteiger partial charge < -0.3 is 9.84 Å². The van der Waals surface area contributed by atoms with E-state index in [2.05, 4.69) is 10.2 Å². The van der Waals surface area contributed by atoms with E-state index in [9.17, 15) is 13.5 Å². The minimum Gasteiger partial charge on any atom is -0.494 e. The van der Waals surface area contributed by atoms with Crippen molar-refractivity contribution < 1.29 is 18.3 Å². The van der Waals surface area contributed by atoms with Crippen LogP contribution in [0.2, 0.25) is 0 Å². The highest BCUT2D eigenvalue weighted by atomic mass is 32.2. The number of sulfone groups is 1. The molecule has 0 unspecified atom stereocenters. The fourth-order valence-electron chi connectivity index (χ4n) is 3.16. The molecule has 0 fully saturated rings. The number of fused-ring (bicyclic) bond motifs is 1. The first-order chi connectivity index (χ1) is 13.9. The summed E-state index contributed by atoms with van der Waals surface area (Å²) < 4.78 is 30.5. The van der Waals surface area contributed by atoms with Crippen LogP contribution in [0.1, 0.15) is 6.92 Å². The highest BCUT2D eigenvalue weighted by molar-refractivity contribution is 7.90. The summed E-state index contributed by atoms with van der Waals surface area (Å²) in [4.78, 5) is 0.246. The second-order valence-electron chi connectivity index (χ2n) is 6.54. The second kappa shape index (κ2) is 7.21. The van der Waals surface area contributed by atoms with Gasteiger partial charge in [0.15, 0.2) is 9.84 Å². The van der Waals surface area contributed by atoms with Crippen molar-refractivity contribution in [3.8, 4) is 34.0 Å². The molecule has 0 amide bonds. The van der Waals surface area contributed by atoms with Gasteiger partial charge in [0.05, 0.1) is 17.0 Å². The molecule has 0 radical (unpaired) electrons. The zero-order valence-corrected chi connectivity index (χ0v) is 16.7. The maximum Gasteiger partial charge on any atom is 0.230 e. The van der Waals surface area contributed by atoms with Crippen molar-refractivity contribution in [2.45, 2.75) is 11.8 Å². The Morgan fingerprint density at radius 3 is 2.21 bits per heavy atom. The van der Waals surface area contributed by atoms with Gasteiger partial charge in [0.2, 0.25) is 5.88 Å². The zero-order valence-electron chi connectivity index (χ0n) is 15.9. The molecule has 0 saturated carbocycles. The Morgan fingerprint density at radius 2 is 1.59 bits per heavy atom. The van der Waals surface area contributed by atoms with Crippen LogP contribution in [0.15, 0.2) is 65.6 Å². The van der Waals surface area contributed by atoms with Gasteiger partial charge in [0.25, 0.3) is 0 Å². The minimum atomic E-state index is -3.29. The van der Waals surface area contributed by atoms with Crippen LogP contribution in [-0.4, -0.2) is 41.2 Å². The third-order valence-electron chi connectivity index (χ3n) is 4.50. The lowest BCUT2D eigenvalue weighted by Crippen LogP contribution is -1.96. The molecule has 8 heteroatoms. The first-order valence-electron chi connectivity index (χ1n) is 8.99. The first kappa shape index (κ1) is 18.9. The SMILES string of the molecule is CCOc1ccc(-c2nn3nc(O)ccc3c2-c2ccc(S(C)(=O)=O)cc2)cc1. The molecule has 7 nitrogen and oxygen atoms in total. The number of hydrogen-bond acceptors (Lipinski definition) is 6. The molecule has 2 aromatic heterocycles. The third kappa shape index (κ3) is 3.66. The monoisotopic (exact) mass is 409 g/mol. The van der Waals surface area contributed by atoms with Gasteiger partial charge in [0, 0.05) is 23.4 Å². The number of aromatic nitrogens is 3. The summed E-state index contributed by atoms with van der Waals surface area (Å²) >= 11 is 0. The summed E-state index contributed by atoms with van der Waals surface area (Å²) in [5.41, 5.74) is 3.79. The van der Waals surface area contributed by atoms with Crippen molar-refractivity contribution in [1.29, 1.82) is 0 Å². The lowest BCUT2D eigenvalue weighted by atomic mass is 10.00. The van der Waals surface area contributed by atoms with E-state index in [4.69, 9.17) is 4.74 Å². The first-order valence-corrected chi connectivity index (χ1v) is 10.9. The van der Waals surface area contributed by atoms with E-state index in [0.717, 1.165) is 22.4 Å². The van der Waals surface area contributed by atoms with Crippen LogP contribution in [0.3, 0.4) is 0 Å². The van der Waals surface area contributed by atoms with E-state index in [1.807, 2.05) is 31.2 Å². The number of ether oxygens (including phenoxy) is 1. The average molecular weight is 409 g/mol. The topological polar surface area (TPSA) is 93.8 Å². The molecule has 4 aromatic rings. The van der Waals surface area contributed by atoms with Crippen molar-refractivity contribution in [2.24, 2.45) is 0 Å². The largest absolute Gasteiger partial charge is 0.494 e.